The average molecular weight is 393 g/mol. The molecule has 4 aromatic rings. The lowest BCUT2D eigenvalue weighted by Gasteiger charge is -2.19. The van der Waals surface area contributed by atoms with Gasteiger partial charge in [-0.1, -0.05) is 45.0 Å². The third-order valence-electron chi connectivity index (χ3n) is 4.92. The lowest BCUT2D eigenvalue weighted by molar-refractivity contribution is 0.0939. The fraction of sp³-hybridized carbons (Fsp3) is 0.261. The summed E-state index contributed by atoms with van der Waals surface area (Å²) in [5.41, 5.74) is 4.38. The van der Waals surface area contributed by atoms with Gasteiger partial charge in [0.1, 0.15) is 11.5 Å². The Morgan fingerprint density at radius 2 is 1.93 bits per heavy atom. The summed E-state index contributed by atoms with van der Waals surface area (Å²) in [4.78, 5) is 12.8. The second-order valence-electron chi connectivity index (χ2n) is 7.99. The number of hydrogen-bond donors (Lipinski definition) is 1. The van der Waals surface area contributed by atoms with Gasteiger partial charge < -0.3 is 14.3 Å². The molecule has 1 amide bonds. The highest BCUT2D eigenvalue weighted by Gasteiger charge is 2.18. The smallest absolute Gasteiger partial charge is 0.268 e. The Bertz CT molecular complexity index is 1080. The van der Waals surface area contributed by atoms with Crippen molar-refractivity contribution < 1.29 is 9.21 Å². The number of amides is 1. The highest BCUT2D eigenvalue weighted by atomic mass is 32.1. The van der Waals surface area contributed by atoms with E-state index in [1.165, 1.54) is 11.1 Å². The van der Waals surface area contributed by atoms with Crippen molar-refractivity contribution in [1.29, 1.82) is 0 Å². The molecule has 28 heavy (non-hydrogen) atoms. The maximum absolute atomic E-state index is 12.8. The van der Waals surface area contributed by atoms with Crippen LogP contribution in [0.5, 0.6) is 0 Å². The molecule has 0 saturated carbocycles. The molecule has 0 saturated heterocycles. The van der Waals surface area contributed by atoms with Gasteiger partial charge in [0, 0.05) is 6.54 Å². The summed E-state index contributed by atoms with van der Waals surface area (Å²) in [5.74, 6) is 0.650. The maximum Gasteiger partial charge on any atom is 0.268 e. The Balaban J connectivity index is 1.60. The topological polar surface area (TPSA) is 47.2 Å². The molecule has 0 aliphatic carbocycles. The molecule has 0 aliphatic rings. The van der Waals surface area contributed by atoms with E-state index in [1.54, 1.807) is 17.6 Å². The predicted molar refractivity (Wildman–Crippen MR) is 114 cm³/mol. The molecule has 0 fully saturated rings. The molecule has 0 spiro atoms. The van der Waals surface area contributed by atoms with Gasteiger partial charge in [-0.3, -0.25) is 4.79 Å². The third-order valence-corrected chi connectivity index (χ3v) is 5.77. The fourth-order valence-corrected chi connectivity index (χ4v) is 4.12. The number of aromatic nitrogens is 1. The van der Waals surface area contributed by atoms with Gasteiger partial charge in [0.05, 0.1) is 23.0 Å². The molecule has 1 aromatic carbocycles. The number of hydrogen-bond acceptors (Lipinski definition) is 3. The van der Waals surface area contributed by atoms with Crippen LogP contribution in [0.15, 0.2) is 64.6 Å². The highest BCUT2D eigenvalue weighted by molar-refractivity contribution is 7.17. The van der Waals surface area contributed by atoms with E-state index in [9.17, 15) is 4.79 Å². The summed E-state index contributed by atoms with van der Waals surface area (Å²) < 4.78 is 8.52. The minimum absolute atomic E-state index is 0.0916. The van der Waals surface area contributed by atoms with Gasteiger partial charge >= 0.3 is 0 Å². The van der Waals surface area contributed by atoms with E-state index in [-0.39, 0.29) is 11.3 Å². The van der Waals surface area contributed by atoms with Crippen LogP contribution in [0.4, 0.5) is 0 Å². The van der Waals surface area contributed by atoms with Crippen LogP contribution in [0, 0.1) is 0 Å². The summed E-state index contributed by atoms with van der Waals surface area (Å²) in [5, 5.41) is 5.02. The van der Waals surface area contributed by atoms with Crippen molar-refractivity contribution in [2.75, 3.05) is 0 Å². The van der Waals surface area contributed by atoms with Crippen LogP contribution in [-0.2, 0) is 18.5 Å². The molecule has 4 rings (SSSR count). The normalized spacial score (nSPS) is 11.8. The molecule has 3 aromatic heterocycles. The monoisotopic (exact) mass is 392 g/mol. The van der Waals surface area contributed by atoms with Gasteiger partial charge in [-0.05, 0) is 46.2 Å². The van der Waals surface area contributed by atoms with Gasteiger partial charge in [0.15, 0.2) is 0 Å². The summed E-state index contributed by atoms with van der Waals surface area (Å²) in [6.07, 6.45) is 1.61. The molecular weight excluding hydrogens is 368 g/mol. The first-order valence-corrected chi connectivity index (χ1v) is 10.3. The third kappa shape index (κ3) is 3.76. The second-order valence-corrected chi connectivity index (χ2v) is 8.94. The largest absolute Gasteiger partial charge is 0.467 e. The molecule has 4 nitrogen and oxygen atoms in total. The number of thiophene rings is 1. The molecular formula is C23H24N2O2S. The van der Waals surface area contributed by atoms with Crippen LogP contribution in [0.25, 0.3) is 10.2 Å². The Morgan fingerprint density at radius 3 is 2.61 bits per heavy atom. The van der Waals surface area contributed by atoms with Crippen LogP contribution in [0.3, 0.4) is 0 Å². The van der Waals surface area contributed by atoms with E-state index >= 15 is 0 Å². The van der Waals surface area contributed by atoms with Crippen LogP contribution in [0.1, 0.15) is 48.1 Å². The summed E-state index contributed by atoms with van der Waals surface area (Å²) >= 11 is 1.65. The predicted octanol–water partition coefficient (Wildman–Crippen LogP) is 5.57. The van der Waals surface area contributed by atoms with Crippen LogP contribution < -0.4 is 5.32 Å². The number of carbonyl (C=O) groups excluding carboxylic acids is 1. The molecule has 0 bridgehead atoms. The summed E-state index contributed by atoms with van der Waals surface area (Å²) in [7, 11) is 0. The van der Waals surface area contributed by atoms with Crippen molar-refractivity contribution in [3.05, 3.63) is 82.8 Å². The Labute approximate surface area is 168 Å². The number of nitrogens with zero attached hydrogens (tertiary/aromatic N) is 1. The Morgan fingerprint density at radius 1 is 1.14 bits per heavy atom. The Kier molecular flexibility index (Phi) is 4.85. The Hall–Kier alpha value is -2.79. The average Bonchev–Trinajstić information content (AvgIpc) is 3.38. The standard InChI is InChI=1S/C23H24N2O2S/c1-23(2,3)17-8-6-16(7-9-17)15-25-19-10-12-28-21(19)13-20(25)22(26)24-14-18-5-4-11-27-18/h4-13H,14-15H2,1-3H3,(H,24,26). The molecule has 1 N–H and O–H groups in total. The number of nitrogens with one attached hydrogen (secondary N) is 1. The van der Waals surface area contributed by atoms with Crippen molar-refractivity contribution >= 4 is 27.5 Å². The molecule has 0 radical (unpaired) electrons. The van der Waals surface area contributed by atoms with Crippen LogP contribution in [-0.4, -0.2) is 10.5 Å². The first-order chi connectivity index (χ1) is 13.4. The van der Waals surface area contributed by atoms with E-state index in [0.717, 1.165) is 16.0 Å². The van der Waals surface area contributed by atoms with Crippen molar-refractivity contribution in [3.63, 3.8) is 0 Å². The molecule has 3 heterocycles. The van der Waals surface area contributed by atoms with Crippen molar-refractivity contribution in [2.45, 2.75) is 39.3 Å². The number of fused-ring (bicyclic) bond motifs is 1. The highest BCUT2D eigenvalue weighted by Crippen LogP contribution is 2.27. The maximum atomic E-state index is 12.8. The zero-order chi connectivity index (χ0) is 19.7. The number of furan rings is 1. The van der Waals surface area contributed by atoms with Crippen molar-refractivity contribution in [1.82, 2.24) is 9.88 Å². The first-order valence-electron chi connectivity index (χ1n) is 9.38. The van der Waals surface area contributed by atoms with Crippen molar-refractivity contribution in [2.24, 2.45) is 0 Å². The van der Waals surface area contributed by atoms with E-state index in [0.29, 0.717) is 18.8 Å². The van der Waals surface area contributed by atoms with Crippen LogP contribution >= 0.6 is 11.3 Å². The molecule has 144 valence electrons. The van der Waals surface area contributed by atoms with E-state index in [1.807, 2.05) is 18.2 Å². The second kappa shape index (κ2) is 7.32. The van der Waals surface area contributed by atoms with Crippen LogP contribution in [0.2, 0.25) is 0 Å². The van der Waals surface area contributed by atoms with Gasteiger partial charge in [-0.25, -0.2) is 0 Å². The zero-order valence-electron chi connectivity index (χ0n) is 16.4. The minimum atomic E-state index is -0.0916. The van der Waals surface area contributed by atoms with Gasteiger partial charge in [0.2, 0.25) is 0 Å². The zero-order valence-corrected chi connectivity index (χ0v) is 17.2. The van der Waals surface area contributed by atoms with E-state index in [2.05, 4.69) is 66.4 Å². The number of rotatable bonds is 5. The SMILES string of the molecule is CC(C)(C)c1ccc(Cn2c(C(=O)NCc3ccco3)cc3sccc32)cc1. The molecule has 5 heteroatoms. The van der Waals surface area contributed by atoms with E-state index in [4.69, 9.17) is 4.42 Å². The summed E-state index contributed by atoms with van der Waals surface area (Å²) in [6, 6.07) is 16.4. The van der Waals surface area contributed by atoms with Gasteiger partial charge in [-0.15, -0.1) is 11.3 Å². The first kappa shape index (κ1) is 18.6. The van der Waals surface area contributed by atoms with Gasteiger partial charge in [0.25, 0.3) is 5.91 Å². The quantitative estimate of drug-likeness (QED) is 0.482. The lowest BCUT2D eigenvalue weighted by Crippen LogP contribution is -2.25. The lowest BCUT2D eigenvalue weighted by atomic mass is 9.87. The molecule has 0 unspecified atom stereocenters. The fourth-order valence-electron chi connectivity index (χ4n) is 3.30. The molecule has 0 aliphatic heterocycles. The van der Waals surface area contributed by atoms with E-state index < -0.39 is 0 Å². The number of benzene rings is 1. The number of carbonyl (C=O) groups is 1. The summed E-state index contributed by atoms with van der Waals surface area (Å²) in [6.45, 7) is 7.68. The van der Waals surface area contributed by atoms with Gasteiger partial charge in [-0.2, -0.15) is 0 Å². The molecule has 0 atom stereocenters. The van der Waals surface area contributed by atoms with Crippen molar-refractivity contribution in [3.8, 4) is 0 Å². The minimum Gasteiger partial charge on any atom is -0.467 e.